The Balaban J connectivity index is 2.46. The number of carbonyl (C=O) groups is 2. The van der Waals surface area contributed by atoms with Crippen LogP contribution in [0.1, 0.15) is 61.9 Å². The number of phenolic OH excluding ortho intramolecular Hbond substituents is 1. The third kappa shape index (κ3) is 6.30. The second kappa shape index (κ2) is 9.87. The molecule has 2 N–H and O–H groups in total. The molecule has 23 heavy (non-hydrogen) atoms. The van der Waals surface area contributed by atoms with E-state index in [9.17, 15) is 14.7 Å². The molecular formula is C18H27NO4. The van der Waals surface area contributed by atoms with E-state index in [0.717, 1.165) is 31.2 Å². The van der Waals surface area contributed by atoms with Crippen molar-refractivity contribution in [2.45, 2.75) is 52.4 Å². The smallest absolute Gasteiger partial charge is 0.219 e. The Morgan fingerprint density at radius 2 is 1.87 bits per heavy atom. The Kier molecular flexibility index (Phi) is 8.16. The predicted octanol–water partition coefficient (Wildman–Crippen LogP) is 3.23. The van der Waals surface area contributed by atoms with Crippen LogP contribution < -0.4 is 10.1 Å². The fraction of sp³-hybridized carbons (Fsp3) is 0.556. The zero-order valence-electron chi connectivity index (χ0n) is 14.3. The third-order valence-corrected chi connectivity index (χ3v) is 3.76. The summed E-state index contributed by atoms with van der Waals surface area (Å²) < 4.78 is 5.76. The number of phenols is 1. The monoisotopic (exact) mass is 321 g/mol. The number of ketones is 1. The Bertz CT molecular complexity index is 540. The first-order valence-electron chi connectivity index (χ1n) is 8.19. The number of amides is 1. The van der Waals surface area contributed by atoms with Crippen LogP contribution in [0.4, 0.5) is 0 Å². The maximum absolute atomic E-state index is 11.7. The number of hydrogen-bond donors (Lipinski definition) is 2. The molecule has 0 bridgehead atoms. The Hall–Kier alpha value is -2.04. The minimum Gasteiger partial charge on any atom is -0.508 e. The molecule has 5 nitrogen and oxygen atoms in total. The van der Waals surface area contributed by atoms with E-state index < -0.39 is 0 Å². The van der Waals surface area contributed by atoms with Gasteiger partial charge >= 0.3 is 0 Å². The van der Waals surface area contributed by atoms with Crippen molar-refractivity contribution in [3.05, 3.63) is 23.3 Å². The van der Waals surface area contributed by atoms with Gasteiger partial charge in [0.25, 0.3) is 0 Å². The maximum atomic E-state index is 11.7. The number of hydrogen-bond acceptors (Lipinski definition) is 4. The van der Waals surface area contributed by atoms with Gasteiger partial charge in [-0.3, -0.25) is 9.59 Å². The lowest BCUT2D eigenvalue weighted by molar-refractivity contribution is -0.120. The number of benzene rings is 1. The molecule has 1 aromatic carbocycles. The van der Waals surface area contributed by atoms with Crippen molar-refractivity contribution in [3.63, 3.8) is 0 Å². The van der Waals surface area contributed by atoms with E-state index in [1.807, 2.05) is 6.92 Å². The molecular weight excluding hydrogens is 294 g/mol. The van der Waals surface area contributed by atoms with Gasteiger partial charge in [0.05, 0.1) is 6.61 Å². The number of Topliss-reactive ketones (excluding diaryl/α,β-unsaturated/α-hetero) is 1. The molecule has 0 saturated heterocycles. The largest absolute Gasteiger partial charge is 0.508 e. The van der Waals surface area contributed by atoms with E-state index in [2.05, 4.69) is 5.32 Å². The van der Waals surface area contributed by atoms with Crippen molar-refractivity contribution in [1.29, 1.82) is 0 Å². The average molecular weight is 321 g/mol. The molecule has 128 valence electrons. The minimum atomic E-state index is -0.0724. The first kappa shape index (κ1) is 19.0. The van der Waals surface area contributed by atoms with E-state index in [1.54, 1.807) is 13.1 Å². The quantitative estimate of drug-likeness (QED) is 0.512. The second-order valence-electron chi connectivity index (χ2n) is 5.57. The lowest BCUT2D eigenvalue weighted by Gasteiger charge is -2.14. The van der Waals surface area contributed by atoms with Gasteiger partial charge < -0.3 is 15.2 Å². The summed E-state index contributed by atoms with van der Waals surface area (Å²) in [7, 11) is 1.64. The van der Waals surface area contributed by atoms with Crippen molar-refractivity contribution in [1.82, 2.24) is 5.32 Å². The molecule has 1 rings (SSSR count). The lowest BCUT2D eigenvalue weighted by atomic mass is 10.0. The number of nitrogens with one attached hydrogen (secondary N) is 1. The van der Waals surface area contributed by atoms with E-state index in [4.69, 9.17) is 4.74 Å². The topological polar surface area (TPSA) is 75.6 Å². The van der Waals surface area contributed by atoms with E-state index in [0.29, 0.717) is 30.8 Å². The lowest BCUT2D eigenvalue weighted by Crippen LogP contribution is -2.16. The molecule has 0 aliphatic carbocycles. The number of carbonyl (C=O) groups excluding carboxylic acids is 2. The summed E-state index contributed by atoms with van der Waals surface area (Å²) in [5.74, 6) is 0.637. The summed E-state index contributed by atoms with van der Waals surface area (Å²) in [4.78, 5) is 22.7. The summed E-state index contributed by atoms with van der Waals surface area (Å²) in [6.07, 6.45) is 4.96. The van der Waals surface area contributed by atoms with Crippen LogP contribution in [0.25, 0.3) is 0 Å². The number of unbranched alkanes of at least 4 members (excludes halogenated alkanes) is 3. The summed E-state index contributed by atoms with van der Waals surface area (Å²) in [5.41, 5.74) is 1.36. The van der Waals surface area contributed by atoms with Gasteiger partial charge in [0, 0.05) is 30.7 Å². The van der Waals surface area contributed by atoms with Crippen LogP contribution in [0.2, 0.25) is 0 Å². The van der Waals surface area contributed by atoms with Gasteiger partial charge in [0.15, 0.2) is 5.78 Å². The number of aromatic hydroxyl groups is 1. The van der Waals surface area contributed by atoms with Crippen molar-refractivity contribution in [3.8, 4) is 11.5 Å². The second-order valence-corrected chi connectivity index (χ2v) is 5.57. The molecule has 0 spiro atoms. The molecule has 1 aromatic rings. The van der Waals surface area contributed by atoms with E-state index in [-0.39, 0.29) is 17.4 Å². The van der Waals surface area contributed by atoms with Crippen LogP contribution in [0.5, 0.6) is 11.5 Å². The third-order valence-electron chi connectivity index (χ3n) is 3.76. The molecule has 5 heteroatoms. The predicted molar refractivity (Wildman–Crippen MR) is 90.1 cm³/mol. The molecule has 1 amide bonds. The van der Waals surface area contributed by atoms with Crippen LogP contribution in [-0.4, -0.2) is 30.5 Å². The highest BCUT2D eigenvalue weighted by Gasteiger charge is 2.13. The van der Waals surface area contributed by atoms with Crippen LogP contribution in [0.3, 0.4) is 0 Å². The molecule has 0 unspecified atom stereocenters. The van der Waals surface area contributed by atoms with Gasteiger partial charge in [-0.2, -0.15) is 0 Å². The highest BCUT2D eigenvalue weighted by atomic mass is 16.5. The van der Waals surface area contributed by atoms with Gasteiger partial charge in [-0.05, 0) is 32.3 Å². The molecule has 0 aliphatic heterocycles. The Morgan fingerprint density at radius 1 is 1.17 bits per heavy atom. The van der Waals surface area contributed by atoms with Gasteiger partial charge in [0.1, 0.15) is 11.5 Å². The van der Waals surface area contributed by atoms with Crippen molar-refractivity contribution in [2.75, 3.05) is 13.7 Å². The van der Waals surface area contributed by atoms with Crippen LogP contribution in [0.15, 0.2) is 12.1 Å². The number of rotatable bonds is 10. The van der Waals surface area contributed by atoms with Crippen molar-refractivity contribution >= 4 is 11.7 Å². The molecule has 0 heterocycles. The van der Waals surface area contributed by atoms with Gasteiger partial charge in [-0.25, -0.2) is 0 Å². The normalized spacial score (nSPS) is 10.4. The molecule has 0 atom stereocenters. The molecule has 0 aliphatic rings. The van der Waals surface area contributed by atoms with Gasteiger partial charge in [-0.15, -0.1) is 0 Å². The fourth-order valence-electron chi connectivity index (χ4n) is 2.49. The summed E-state index contributed by atoms with van der Waals surface area (Å²) in [5, 5.41) is 12.3. The Labute approximate surface area is 138 Å². The van der Waals surface area contributed by atoms with E-state index in [1.165, 1.54) is 13.0 Å². The first-order valence-corrected chi connectivity index (χ1v) is 8.19. The van der Waals surface area contributed by atoms with Crippen LogP contribution in [0, 0.1) is 0 Å². The molecule has 0 aromatic heterocycles. The van der Waals surface area contributed by atoms with E-state index >= 15 is 0 Å². The average Bonchev–Trinajstić information content (AvgIpc) is 2.52. The SMILES string of the molecule is CCc1c(OCCCCCCC(=O)NC)cc(O)cc1C(C)=O. The fourth-order valence-corrected chi connectivity index (χ4v) is 2.49. The summed E-state index contributed by atoms with van der Waals surface area (Å²) >= 11 is 0. The van der Waals surface area contributed by atoms with Crippen LogP contribution >= 0.6 is 0 Å². The molecule has 0 fully saturated rings. The van der Waals surface area contributed by atoms with Crippen molar-refractivity contribution < 1.29 is 19.4 Å². The highest BCUT2D eigenvalue weighted by molar-refractivity contribution is 5.96. The molecule has 0 radical (unpaired) electrons. The first-order chi connectivity index (χ1) is 11.0. The van der Waals surface area contributed by atoms with Gasteiger partial charge in [0.2, 0.25) is 5.91 Å². The zero-order valence-corrected chi connectivity index (χ0v) is 14.3. The Morgan fingerprint density at radius 3 is 2.48 bits per heavy atom. The molecule has 0 saturated carbocycles. The van der Waals surface area contributed by atoms with Crippen LogP contribution in [-0.2, 0) is 11.2 Å². The number of ether oxygens (including phenoxy) is 1. The summed E-state index contributed by atoms with van der Waals surface area (Å²) in [6, 6.07) is 3.06. The zero-order chi connectivity index (χ0) is 17.2. The summed E-state index contributed by atoms with van der Waals surface area (Å²) in [6.45, 7) is 3.99. The van der Waals surface area contributed by atoms with Gasteiger partial charge in [-0.1, -0.05) is 19.8 Å². The standard InChI is InChI=1S/C18H27NO4/c1-4-15-16(13(2)20)11-14(21)12-17(15)23-10-8-6-5-7-9-18(22)19-3/h11-12,21H,4-10H2,1-3H3,(H,19,22). The maximum Gasteiger partial charge on any atom is 0.219 e. The highest BCUT2D eigenvalue weighted by Crippen LogP contribution is 2.29. The minimum absolute atomic E-state index is 0.0491. The van der Waals surface area contributed by atoms with Crippen molar-refractivity contribution in [2.24, 2.45) is 0 Å².